The predicted molar refractivity (Wildman–Crippen MR) is 531 cm³/mol. The number of phenolic OH excluding ortho intramolecular Hbond substituents is 4. The number of hydrogen-bond donors (Lipinski definition) is 8. The van der Waals surface area contributed by atoms with E-state index in [1.54, 1.807) is 156 Å². The van der Waals surface area contributed by atoms with E-state index in [1.165, 1.54) is 24.3 Å². The van der Waals surface area contributed by atoms with Crippen LogP contribution in [0.15, 0.2) is 278 Å². The highest BCUT2D eigenvalue weighted by Crippen LogP contribution is 2.47. The van der Waals surface area contributed by atoms with E-state index in [9.17, 15) is 78.0 Å². The molecule has 136 heavy (non-hydrogen) atoms. The van der Waals surface area contributed by atoms with Gasteiger partial charge >= 0.3 is 23.9 Å². The van der Waals surface area contributed by atoms with Crippen LogP contribution in [0.25, 0.3) is 22.3 Å². The lowest BCUT2D eigenvalue weighted by Gasteiger charge is -2.22. The number of esters is 4. The summed E-state index contributed by atoms with van der Waals surface area (Å²) in [5, 5.41) is 52.5. The summed E-state index contributed by atoms with van der Waals surface area (Å²) in [6, 6.07) is 67.4. The second-order valence-corrected chi connectivity index (χ2v) is 38.4. The second kappa shape index (κ2) is 40.0. The number of fused-ring (bicyclic) bond motifs is 8. The molecule has 24 nitrogen and oxygen atoms in total. The standard InChI is InChI=1S/C57H34Br4N2O10.C47H30Br4N2O10/c58-38-21-32(22-39(59)52(38)62-42-17-19-44(64)50-48(42)54(68)34-5-1-3-7-36(34)56(50)70)30-13-9-28(10-14-30)26-72-46(66)25-47(67)73-27-29-11-15-31(16-12-29)33-23-40(60)53(41(61)24-33)63-43-18-20-45(65)51-49(43)55(69)35-6-2-4-8-37(35)57(51)71;48-28-19-30(50)34(52-32-9-11-36(54)42-40(32)44(58)24-5-1-3-7-26(24)46(42)60)17-22(28)13-15-62-38(56)21-39(57)63-16-14-23-18-35(31(51)20-29(23)49)53-33-10-12-37(55)43-41(33)45(59)25-6-2-4-8-27(25)47(43)61/h1-24,62-65H,25-27H2;1-12,17-20,52-55H,13-16,21H2/p+2. The molecule has 0 unspecified atom stereocenters. The summed E-state index contributed by atoms with van der Waals surface area (Å²) in [4.78, 5) is 158. The van der Waals surface area contributed by atoms with E-state index >= 15 is 0 Å². The van der Waals surface area contributed by atoms with Crippen molar-refractivity contribution >= 4 is 243 Å². The first-order valence-corrected chi connectivity index (χ1v) is 47.9. The third-order valence-electron chi connectivity index (χ3n) is 23.1. The van der Waals surface area contributed by atoms with Crippen molar-refractivity contribution in [2.24, 2.45) is 0 Å². The van der Waals surface area contributed by atoms with Crippen molar-refractivity contribution in [3.63, 3.8) is 0 Å². The van der Waals surface area contributed by atoms with Gasteiger partial charge in [-0.05, 0) is 213 Å². The summed E-state index contributed by atoms with van der Waals surface area (Å²) < 4.78 is 26.9. The van der Waals surface area contributed by atoms with Crippen LogP contribution in [-0.4, -0.2) is 104 Å². The minimum Gasteiger partial charge on any atom is -0.507 e. The zero-order valence-corrected chi connectivity index (χ0v) is 82.9. The molecule has 0 bridgehead atoms. The minimum atomic E-state index is -0.770. The van der Waals surface area contributed by atoms with Crippen molar-refractivity contribution in [3.8, 4) is 45.3 Å². The van der Waals surface area contributed by atoms with Crippen molar-refractivity contribution in [2.75, 3.05) is 23.8 Å². The van der Waals surface area contributed by atoms with Crippen LogP contribution < -0.4 is 21.3 Å². The largest absolute Gasteiger partial charge is 0.507 e. The Balaban J connectivity index is 0.000000191. The number of hydrogen-bond acceptors (Lipinski definition) is 22. The van der Waals surface area contributed by atoms with E-state index < -0.39 is 59.9 Å². The topological polar surface area (TPSA) is 380 Å². The summed E-state index contributed by atoms with van der Waals surface area (Å²) in [5.74, 6) is -7.37. The van der Waals surface area contributed by atoms with Gasteiger partial charge in [-0.25, -0.2) is 0 Å². The fraction of sp³-hybridized carbons (Fsp3) is 0.0769. The summed E-state index contributed by atoms with van der Waals surface area (Å²) >= 11 is 28.8. The molecule has 32 heteroatoms. The molecule has 4 aliphatic carbocycles. The highest BCUT2D eigenvalue weighted by Gasteiger charge is 2.41. The molecule has 18 rings (SSSR count). The molecule has 0 heterocycles. The molecule has 0 radical (unpaired) electrons. The van der Waals surface area contributed by atoms with Crippen molar-refractivity contribution < 1.29 is 108 Å². The molecule has 0 saturated carbocycles. The molecule has 10 N–H and O–H groups in total. The van der Waals surface area contributed by atoms with Crippen LogP contribution in [-0.2, 0) is 64.2 Å². The van der Waals surface area contributed by atoms with Gasteiger partial charge in [-0.2, -0.15) is 0 Å². The SMILES string of the molecule is O=C(CC(=O)OCCc1cc([NH2+]c2ccc(O)c3c2C(=O)c2ccccc2C3=O)c(Br)cc1Br)OCCc1cc([NH2+]c2ccc(O)c3c2C(=O)c2ccccc2C3=O)c(Br)cc1Br.O=C(CC(=O)OCc1ccc(-c2cc(Br)c(Nc3ccc(O)c4c3C(=O)c3ccccc3C4=O)c(Br)c2)cc1)OCc1ccc(-c2cc(Br)c(Nc3ccc(O)c4c3C(=O)c3ccccc3C4=O)c(Br)c2)cc1. The van der Waals surface area contributed by atoms with Gasteiger partial charge in [0.15, 0.2) is 34.7 Å². The van der Waals surface area contributed by atoms with Crippen LogP contribution in [0, 0.1) is 0 Å². The zero-order chi connectivity index (χ0) is 95.9. The fourth-order valence-corrected chi connectivity index (χ4v) is 21.8. The van der Waals surface area contributed by atoms with Gasteiger partial charge in [0.1, 0.15) is 71.8 Å². The van der Waals surface area contributed by atoms with E-state index in [-0.39, 0.29) is 174 Å². The molecule has 4 aliphatic rings. The number of carbonyl (C=O) groups is 12. The Bertz CT molecular complexity index is 7070. The highest BCUT2D eigenvalue weighted by atomic mass is 79.9. The molecule has 0 amide bonds. The smallest absolute Gasteiger partial charge is 0.317 e. The van der Waals surface area contributed by atoms with E-state index in [1.807, 2.05) is 72.8 Å². The van der Waals surface area contributed by atoms with Crippen LogP contribution in [0.5, 0.6) is 23.0 Å². The lowest BCUT2D eigenvalue weighted by molar-refractivity contribution is -0.480. The van der Waals surface area contributed by atoms with E-state index in [2.05, 4.69) is 138 Å². The number of phenols is 4. The van der Waals surface area contributed by atoms with Crippen molar-refractivity contribution in [3.05, 3.63) is 390 Å². The number of carbonyl (C=O) groups excluding carboxylic acids is 12. The van der Waals surface area contributed by atoms with Crippen LogP contribution in [0.1, 0.15) is 162 Å². The Morgan fingerprint density at radius 1 is 0.265 bits per heavy atom. The number of quaternary nitrogens is 2. The highest BCUT2D eigenvalue weighted by molar-refractivity contribution is 9.12. The Hall–Kier alpha value is -13.1. The summed E-state index contributed by atoms with van der Waals surface area (Å²) in [5.41, 5.74) is 12.5. The maximum atomic E-state index is 13.6. The van der Waals surface area contributed by atoms with Crippen molar-refractivity contribution in [1.29, 1.82) is 0 Å². The van der Waals surface area contributed by atoms with Crippen LogP contribution >= 0.6 is 127 Å². The quantitative estimate of drug-likeness (QED) is 0.00915. The molecular formula is C104H66Br8N4O20+2. The molecule has 0 spiro atoms. The number of anilines is 4. The fourth-order valence-electron chi connectivity index (χ4n) is 16.4. The number of ether oxygens (including phenoxy) is 4. The van der Waals surface area contributed by atoms with Crippen LogP contribution in [0.3, 0.4) is 0 Å². The van der Waals surface area contributed by atoms with Crippen molar-refractivity contribution in [1.82, 2.24) is 0 Å². The van der Waals surface area contributed by atoms with Gasteiger partial charge in [-0.1, -0.05) is 177 Å². The normalized spacial score (nSPS) is 12.5. The summed E-state index contributed by atoms with van der Waals surface area (Å²) in [6.45, 7) is -0.230. The monoisotopic (exact) mass is 2320 g/mol. The lowest BCUT2D eigenvalue weighted by atomic mass is 9.82. The molecular weight excluding hydrogens is 2260 g/mol. The number of halogens is 8. The average Bonchev–Trinajstić information content (AvgIpc) is 0.751. The van der Waals surface area contributed by atoms with Crippen LogP contribution in [0.4, 0.5) is 45.5 Å². The van der Waals surface area contributed by atoms with E-state index in [0.717, 1.165) is 33.4 Å². The van der Waals surface area contributed by atoms with E-state index in [4.69, 9.17) is 18.9 Å². The van der Waals surface area contributed by atoms with Gasteiger partial charge in [0.2, 0.25) is 11.6 Å². The molecule has 0 aromatic heterocycles. The van der Waals surface area contributed by atoms with Gasteiger partial charge in [0, 0.05) is 108 Å². The first-order valence-electron chi connectivity index (χ1n) is 41.5. The van der Waals surface area contributed by atoms with E-state index in [0.29, 0.717) is 92.4 Å². The number of aromatic hydroxyl groups is 4. The predicted octanol–water partition coefficient (Wildman–Crippen LogP) is 21.7. The number of benzene rings is 14. The van der Waals surface area contributed by atoms with Crippen molar-refractivity contribution in [2.45, 2.75) is 38.9 Å². The molecule has 14 aromatic rings. The summed E-state index contributed by atoms with van der Waals surface area (Å²) in [7, 11) is 0. The third kappa shape index (κ3) is 19.2. The molecule has 0 saturated heterocycles. The first-order chi connectivity index (χ1) is 65.4. The Morgan fingerprint density at radius 3 is 0.831 bits per heavy atom. The first kappa shape index (κ1) is 94.6. The van der Waals surface area contributed by atoms with Gasteiger partial charge in [0.25, 0.3) is 0 Å². The zero-order valence-electron chi connectivity index (χ0n) is 70.3. The van der Waals surface area contributed by atoms with Gasteiger partial charge in [-0.15, -0.1) is 0 Å². The maximum Gasteiger partial charge on any atom is 0.317 e. The molecule has 0 aliphatic heterocycles. The second-order valence-electron chi connectivity index (χ2n) is 31.5. The maximum absolute atomic E-state index is 13.6. The molecule has 0 fully saturated rings. The average molecular weight is 2330 g/mol. The van der Waals surface area contributed by atoms with Crippen LogP contribution in [0.2, 0.25) is 0 Å². The van der Waals surface area contributed by atoms with Gasteiger partial charge in [-0.3, -0.25) is 68.2 Å². The van der Waals surface area contributed by atoms with Gasteiger partial charge in [0.05, 0.1) is 89.4 Å². The lowest BCUT2D eigenvalue weighted by Crippen LogP contribution is -2.72. The minimum absolute atomic E-state index is 0.0487. The summed E-state index contributed by atoms with van der Waals surface area (Å²) in [6.07, 6.45) is -0.632. The number of nitrogens with two attached hydrogens (primary N) is 2. The number of nitrogens with one attached hydrogen (secondary N) is 2. The Kier molecular flexibility index (Phi) is 27.9. The Labute approximate surface area is 840 Å². The molecule has 14 aromatic carbocycles. The number of ketones is 8. The third-order valence-corrected chi connectivity index (χ3v) is 28.4. The Morgan fingerprint density at radius 2 is 0.529 bits per heavy atom. The molecule has 676 valence electrons. The molecule has 0 atom stereocenters. The number of rotatable bonds is 24. The van der Waals surface area contributed by atoms with Gasteiger partial charge < -0.3 is 50.0 Å².